The fourth-order valence-corrected chi connectivity index (χ4v) is 2.11. The summed E-state index contributed by atoms with van der Waals surface area (Å²) < 4.78 is 18.9. The molecule has 0 radical (unpaired) electrons. The summed E-state index contributed by atoms with van der Waals surface area (Å²) in [4.78, 5) is 23.2. The molecule has 0 atom stereocenters. The van der Waals surface area contributed by atoms with Crippen LogP contribution in [-0.2, 0) is 14.3 Å². The van der Waals surface area contributed by atoms with E-state index >= 15 is 0 Å². The molecule has 1 aliphatic heterocycles. The number of carbonyl (C=O) groups excluding carboxylic acids is 2. The molecule has 7 heteroatoms. The molecule has 0 bridgehead atoms. The summed E-state index contributed by atoms with van der Waals surface area (Å²) in [6, 6.07) is 3.95. The number of nitrogens with one attached hydrogen (secondary N) is 2. The van der Waals surface area contributed by atoms with E-state index in [1.54, 1.807) is 0 Å². The summed E-state index contributed by atoms with van der Waals surface area (Å²) in [7, 11) is 0. The summed E-state index contributed by atoms with van der Waals surface area (Å²) in [5, 5.41) is 5.01. The minimum Gasteiger partial charge on any atom is -0.381 e. The molecule has 0 saturated carbocycles. The zero-order valence-electron chi connectivity index (χ0n) is 11.7. The van der Waals surface area contributed by atoms with Crippen molar-refractivity contribution in [2.24, 2.45) is 5.73 Å². The molecule has 4 N–H and O–H groups in total. The molecule has 2 amide bonds. The summed E-state index contributed by atoms with van der Waals surface area (Å²) >= 11 is 0. The molecule has 1 aromatic carbocycles. The largest absolute Gasteiger partial charge is 0.381 e. The van der Waals surface area contributed by atoms with Gasteiger partial charge in [-0.2, -0.15) is 0 Å². The lowest BCUT2D eigenvalue weighted by atomic mass is 9.90. The fraction of sp³-hybridized carbons (Fsp3) is 0.429. The van der Waals surface area contributed by atoms with E-state index in [0.29, 0.717) is 31.7 Å². The number of carbonyl (C=O) groups is 2. The lowest BCUT2D eigenvalue weighted by Gasteiger charge is -2.31. The van der Waals surface area contributed by atoms with E-state index in [-0.39, 0.29) is 11.6 Å². The van der Waals surface area contributed by atoms with Gasteiger partial charge in [-0.1, -0.05) is 0 Å². The number of halogens is 1. The summed E-state index contributed by atoms with van der Waals surface area (Å²) in [6.07, 6.45) is 0.762. The molecular weight excluding hydrogens is 277 g/mol. The van der Waals surface area contributed by atoms with Gasteiger partial charge < -0.3 is 21.1 Å². The number of amides is 2. The molecule has 1 fully saturated rings. The monoisotopic (exact) mass is 295 g/mol. The molecular formula is C14H18FN3O3. The van der Waals surface area contributed by atoms with Crippen LogP contribution in [0.2, 0.25) is 0 Å². The van der Waals surface area contributed by atoms with Crippen molar-refractivity contribution in [2.45, 2.75) is 25.3 Å². The molecule has 0 spiro atoms. The second-order valence-electron chi connectivity index (χ2n) is 5.10. The van der Waals surface area contributed by atoms with Gasteiger partial charge in [0, 0.05) is 25.8 Å². The Morgan fingerprint density at radius 2 is 1.95 bits per heavy atom. The predicted octanol–water partition coefficient (Wildman–Crippen LogP) is 1.23. The lowest BCUT2D eigenvalue weighted by Crippen LogP contribution is -2.54. The topological polar surface area (TPSA) is 93.5 Å². The Labute approximate surface area is 121 Å². The van der Waals surface area contributed by atoms with Crippen molar-refractivity contribution in [2.75, 3.05) is 23.8 Å². The predicted molar refractivity (Wildman–Crippen MR) is 76.3 cm³/mol. The molecule has 1 heterocycles. The lowest BCUT2D eigenvalue weighted by molar-refractivity contribution is -0.124. The van der Waals surface area contributed by atoms with Gasteiger partial charge in [0.2, 0.25) is 11.8 Å². The third-order valence-corrected chi connectivity index (χ3v) is 3.37. The first-order chi connectivity index (χ1) is 9.90. The summed E-state index contributed by atoms with van der Waals surface area (Å²) in [6.45, 7) is 2.15. The molecule has 2 rings (SSSR count). The van der Waals surface area contributed by atoms with Crippen LogP contribution in [0, 0.1) is 5.82 Å². The van der Waals surface area contributed by atoms with Gasteiger partial charge in [-0.3, -0.25) is 9.59 Å². The van der Waals surface area contributed by atoms with E-state index in [9.17, 15) is 14.0 Å². The Bertz CT molecular complexity index is 556. The SMILES string of the molecule is CC(=O)Nc1ccc(F)c(NC(=O)C2(N)CCOCC2)c1. The first-order valence-electron chi connectivity index (χ1n) is 6.66. The average molecular weight is 295 g/mol. The van der Waals surface area contributed by atoms with Crippen molar-refractivity contribution in [3.8, 4) is 0 Å². The first kappa shape index (κ1) is 15.4. The summed E-state index contributed by atoms with van der Waals surface area (Å²) in [5.41, 5.74) is 5.36. The number of hydrogen-bond acceptors (Lipinski definition) is 4. The second-order valence-corrected chi connectivity index (χ2v) is 5.10. The number of benzene rings is 1. The molecule has 114 valence electrons. The zero-order chi connectivity index (χ0) is 15.5. The molecule has 6 nitrogen and oxygen atoms in total. The highest BCUT2D eigenvalue weighted by molar-refractivity contribution is 5.99. The molecule has 1 aromatic rings. The van der Waals surface area contributed by atoms with Gasteiger partial charge in [0.25, 0.3) is 0 Å². The van der Waals surface area contributed by atoms with Crippen LogP contribution in [0.4, 0.5) is 15.8 Å². The molecule has 1 saturated heterocycles. The van der Waals surface area contributed by atoms with E-state index < -0.39 is 17.3 Å². The minimum absolute atomic E-state index is 0.0115. The maximum Gasteiger partial charge on any atom is 0.244 e. The van der Waals surface area contributed by atoms with Crippen LogP contribution in [0.3, 0.4) is 0 Å². The standard InChI is InChI=1S/C14H18FN3O3/c1-9(19)17-10-2-3-11(15)12(8-10)18-13(20)14(16)4-6-21-7-5-14/h2-3,8H,4-7,16H2,1H3,(H,17,19)(H,18,20). The Morgan fingerprint density at radius 1 is 1.29 bits per heavy atom. The van der Waals surface area contributed by atoms with Crippen molar-refractivity contribution in [3.05, 3.63) is 24.0 Å². The Balaban J connectivity index is 2.14. The smallest absolute Gasteiger partial charge is 0.244 e. The highest BCUT2D eigenvalue weighted by Crippen LogP contribution is 2.23. The van der Waals surface area contributed by atoms with Gasteiger partial charge in [0.1, 0.15) is 11.4 Å². The van der Waals surface area contributed by atoms with Crippen molar-refractivity contribution in [3.63, 3.8) is 0 Å². The van der Waals surface area contributed by atoms with Crippen molar-refractivity contribution in [1.29, 1.82) is 0 Å². The van der Waals surface area contributed by atoms with Crippen molar-refractivity contribution < 1.29 is 18.7 Å². The third-order valence-electron chi connectivity index (χ3n) is 3.37. The molecule has 1 aliphatic rings. The number of nitrogens with two attached hydrogens (primary N) is 1. The average Bonchev–Trinajstić information content (AvgIpc) is 2.42. The Kier molecular flexibility index (Phi) is 4.54. The number of rotatable bonds is 3. The molecule has 0 aliphatic carbocycles. The minimum atomic E-state index is -1.06. The highest BCUT2D eigenvalue weighted by atomic mass is 19.1. The molecule has 0 unspecified atom stereocenters. The van der Waals surface area contributed by atoms with E-state index in [1.807, 2.05) is 0 Å². The van der Waals surface area contributed by atoms with Crippen molar-refractivity contribution >= 4 is 23.2 Å². The Hall–Kier alpha value is -1.99. The third kappa shape index (κ3) is 3.77. The first-order valence-corrected chi connectivity index (χ1v) is 6.66. The normalized spacial score (nSPS) is 17.1. The Morgan fingerprint density at radius 3 is 2.57 bits per heavy atom. The molecule has 0 aromatic heterocycles. The van der Waals surface area contributed by atoms with E-state index in [4.69, 9.17) is 10.5 Å². The zero-order valence-corrected chi connectivity index (χ0v) is 11.7. The number of hydrogen-bond donors (Lipinski definition) is 3. The van der Waals surface area contributed by atoms with Crippen LogP contribution in [0.1, 0.15) is 19.8 Å². The van der Waals surface area contributed by atoms with Crippen LogP contribution >= 0.6 is 0 Å². The van der Waals surface area contributed by atoms with Gasteiger partial charge in [-0.25, -0.2) is 4.39 Å². The number of ether oxygens (including phenoxy) is 1. The van der Waals surface area contributed by atoms with E-state index in [0.717, 1.165) is 0 Å². The van der Waals surface area contributed by atoms with Crippen LogP contribution in [-0.4, -0.2) is 30.6 Å². The van der Waals surface area contributed by atoms with Crippen molar-refractivity contribution in [1.82, 2.24) is 0 Å². The van der Waals surface area contributed by atoms with Crippen LogP contribution in [0.25, 0.3) is 0 Å². The van der Waals surface area contributed by atoms with E-state index in [2.05, 4.69) is 10.6 Å². The van der Waals surface area contributed by atoms with Crippen LogP contribution < -0.4 is 16.4 Å². The van der Waals surface area contributed by atoms with Gasteiger partial charge >= 0.3 is 0 Å². The second kappa shape index (κ2) is 6.19. The fourth-order valence-electron chi connectivity index (χ4n) is 2.11. The van der Waals surface area contributed by atoms with Gasteiger partial charge in [-0.15, -0.1) is 0 Å². The van der Waals surface area contributed by atoms with Gasteiger partial charge in [0.15, 0.2) is 0 Å². The van der Waals surface area contributed by atoms with Crippen LogP contribution in [0.5, 0.6) is 0 Å². The van der Waals surface area contributed by atoms with Crippen LogP contribution in [0.15, 0.2) is 18.2 Å². The maximum atomic E-state index is 13.8. The maximum absolute atomic E-state index is 13.8. The summed E-state index contributed by atoms with van der Waals surface area (Å²) in [5.74, 6) is -1.32. The molecule has 21 heavy (non-hydrogen) atoms. The van der Waals surface area contributed by atoms with Gasteiger partial charge in [-0.05, 0) is 31.0 Å². The number of anilines is 2. The van der Waals surface area contributed by atoms with E-state index in [1.165, 1.54) is 25.1 Å². The highest BCUT2D eigenvalue weighted by Gasteiger charge is 2.36. The van der Waals surface area contributed by atoms with Gasteiger partial charge in [0.05, 0.1) is 5.69 Å². The quantitative estimate of drug-likeness (QED) is 0.782.